The van der Waals surface area contributed by atoms with Gasteiger partial charge in [-0.25, -0.2) is 0 Å². The van der Waals surface area contributed by atoms with Gasteiger partial charge in [0.25, 0.3) is 5.91 Å². The SMILES string of the molecule is CN(/C=C(/C#N)C(=O)NCc1ccc2c(c1)OCO2)c1ccccc1. The van der Waals surface area contributed by atoms with Gasteiger partial charge in [0.15, 0.2) is 11.5 Å². The van der Waals surface area contributed by atoms with E-state index in [0.29, 0.717) is 18.0 Å². The van der Waals surface area contributed by atoms with Crippen molar-refractivity contribution in [2.24, 2.45) is 0 Å². The van der Waals surface area contributed by atoms with Gasteiger partial charge in [0.05, 0.1) is 0 Å². The Morgan fingerprint density at radius 3 is 2.76 bits per heavy atom. The number of fused-ring (bicyclic) bond motifs is 1. The average molecular weight is 335 g/mol. The largest absolute Gasteiger partial charge is 0.454 e. The van der Waals surface area contributed by atoms with E-state index in [-0.39, 0.29) is 12.4 Å². The normalized spacial score (nSPS) is 12.4. The van der Waals surface area contributed by atoms with Crippen molar-refractivity contribution >= 4 is 11.6 Å². The maximum absolute atomic E-state index is 12.3. The van der Waals surface area contributed by atoms with Gasteiger partial charge >= 0.3 is 0 Å². The molecule has 0 bridgehead atoms. The van der Waals surface area contributed by atoms with Crippen molar-refractivity contribution in [1.29, 1.82) is 5.26 Å². The molecule has 25 heavy (non-hydrogen) atoms. The minimum atomic E-state index is -0.428. The number of nitrogens with zero attached hydrogens (tertiary/aromatic N) is 2. The molecule has 0 aromatic heterocycles. The molecular formula is C19H17N3O3. The van der Waals surface area contributed by atoms with Crippen molar-refractivity contribution in [3.05, 3.63) is 65.9 Å². The van der Waals surface area contributed by atoms with E-state index in [1.807, 2.05) is 48.5 Å². The molecular weight excluding hydrogens is 318 g/mol. The molecule has 3 rings (SSSR count). The summed E-state index contributed by atoms with van der Waals surface area (Å²) in [5.74, 6) is 0.923. The summed E-state index contributed by atoms with van der Waals surface area (Å²) >= 11 is 0. The number of para-hydroxylation sites is 1. The first-order chi connectivity index (χ1) is 12.2. The molecule has 0 unspecified atom stereocenters. The van der Waals surface area contributed by atoms with Gasteiger partial charge < -0.3 is 19.7 Å². The highest BCUT2D eigenvalue weighted by molar-refractivity contribution is 5.97. The van der Waals surface area contributed by atoms with E-state index in [0.717, 1.165) is 11.3 Å². The summed E-state index contributed by atoms with van der Waals surface area (Å²) in [6, 6.07) is 16.9. The monoisotopic (exact) mass is 335 g/mol. The van der Waals surface area contributed by atoms with E-state index in [9.17, 15) is 10.1 Å². The lowest BCUT2D eigenvalue weighted by atomic mass is 10.2. The van der Waals surface area contributed by atoms with Crippen LogP contribution in [0.1, 0.15) is 5.56 Å². The molecule has 1 heterocycles. The summed E-state index contributed by atoms with van der Waals surface area (Å²) in [6.45, 7) is 0.502. The summed E-state index contributed by atoms with van der Waals surface area (Å²) in [5, 5.41) is 12.0. The first kappa shape index (κ1) is 16.4. The Labute approximate surface area is 145 Å². The number of benzene rings is 2. The van der Waals surface area contributed by atoms with Crippen molar-refractivity contribution in [2.75, 3.05) is 18.7 Å². The maximum atomic E-state index is 12.3. The minimum absolute atomic E-state index is 0.0343. The van der Waals surface area contributed by atoms with E-state index >= 15 is 0 Å². The Morgan fingerprint density at radius 2 is 2.00 bits per heavy atom. The quantitative estimate of drug-likeness (QED) is 0.671. The molecule has 0 aliphatic carbocycles. The third-order valence-electron chi connectivity index (χ3n) is 3.74. The molecule has 1 aliphatic rings. The summed E-state index contributed by atoms with van der Waals surface area (Å²) in [7, 11) is 1.79. The Balaban J connectivity index is 1.64. The van der Waals surface area contributed by atoms with Crippen LogP contribution in [0.5, 0.6) is 11.5 Å². The van der Waals surface area contributed by atoms with Crippen LogP contribution in [0.2, 0.25) is 0 Å². The number of ether oxygens (including phenoxy) is 2. The molecule has 0 saturated heterocycles. The number of carbonyl (C=O) groups is 1. The van der Waals surface area contributed by atoms with Crippen LogP contribution < -0.4 is 19.7 Å². The number of carbonyl (C=O) groups excluding carboxylic acids is 1. The van der Waals surface area contributed by atoms with Crippen molar-refractivity contribution in [2.45, 2.75) is 6.54 Å². The fourth-order valence-electron chi connectivity index (χ4n) is 2.40. The zero-order chi connectivity index (χ0) is 17.6. The number of amides is 1. The van der Waals surface area contributed by atoms with Crippen molar-refractivity contribution in [1.82, 2.24) is 5.32 Å². The predicted molar refractivity (Wildman–Crippen MR) is 93.0 cm³/mol. The average Bonchev–Trinajstić information content (AvgIpc) is 3.12. The van der Waals surface area contributed by atoms with Crippen LogP contribution in [-0.4, -0.2) is 19.7 Å². The van der Waals surface area contributed by atoms with Gasteiger partial charge in [-0.2, -0.15) is 5.26 Å². The molecule has 0 saturated carbocycles. The molecule has 126 valence electrons. The molecule has 2 aromatic rings. The van der Waals surface area contributed by atoms with Crippen LogP contribution in [0.15, 0.2) is 60.3 Å². The maximum Gasteiger partial charge on any atom is 0.263 e. The smallest absolute Gasteiger partial charge is 0.263 e. The standard InChI is InChI=1S/C19H17N3O3/c1-22(16-5-3-2-4-6-16)12-15(10-20)19(23)21-11-14-7-8-17-18(9-14)25-13-24-17/h2-9,12H,11,13H2,1H3,(H,21,23)/b15-12-. The van der Waals surface area contributed by atoms with Crippen LogP contribution >= 0.6 is 0 Å². The number of nitrogens with one attached hydrogen (secondary N) is 1. The van der Waals surface area contributed by atoms with Gasteiger partial charge in [-0.15, -0.1) is 0 Å². The summed E-state index contributed by atoms with van der Waals surface area (Å²) in [5.41, 5.74) is 1.79. The zero-order valence-electron chi connectivity index (χ0n) is 13.7. The second-order valence-electron chi connectivity index (χ2n) is 5.47. The second-order valence-corrected chi connectivity index (χ2v) is 5.47. The number of hydrogen-bond acceptors (Lipinski definition) is 5. The Hall–Kier alpha value is -3.46. The number of nitriles is 1. The molecule has 6 heteroatoms. The molecule has 2 aromatic carbocycles. The van der Waals surface area contributed by atoms with Crippen molar-refractivity contribution in [3.63, 3.8) is 0 Å². The lowest BCUT2D eigenvalue weighted by Crippen LogP contribution is -2.25. The van der Waals surface area contributed by atoms with Gasteiger partial charge in [-0.1, -0.05) is 24.3 Å². The first-order valence-electron chi connectivity index (χ1n) is 7.74. The third-order valence-corrected chi connectivity index (χ3v) is 3.74. The number of rotatable bonds is 5. The molecule has 0 atom stereocenters. The number of anilines is 1. The molecule has 0 radical (unpaired) electrons. The van der Waals surface area contributed by atoms with Gasteiger partial charge in [-0.05, 0) is 29.8 Å². The topological polar surface area (TPSA) is 74.6 Å². The van der Waals surface area contributed by atoms with Gasteiger partial charge in [-0.3, -0.25) is 4.79 Å². The molecule has 0 fully saturated rings. The van der Waals surface area contributed by atoms with Crippen LogP contribution in [0, 0.1) is 11.3 Å². The Bertz CT molecular complexity index is 841. The molecule has 1 amide bonds. The van der Waals surface area contributed by atoms with E-state index in [1.54, 1.807) is 18.0 Å². The fourth-order valence-corrected chi connectivity index (χ4v) is 2.40. The Kier molecular flexibility index (Phi) is 4.86. The van der Waals surface area contributed by atoms with Crippen molar-refractivity contribution < 1.29 is 14.3 Å². The van der Waals surface area contributed by atoms with E-state index in [1.165, 1.54) is 6.20 Å². The minimum Gasteiger partial charge on any atom is -0.454 e. The zero-order valence-corrected chi connectivity index (χ0v) is 13.7. The molecule has 6 nitrogen and oxygen atoms in total. The lowest BCUT2D eigenvalue weighted by Gasteiger charge is -2.14. The summed E-state index contributed by atoms with van der Waals surface area (Å²) < 4.78 is 10.6. The van der Waals surface area contributed by atoms with Crippen molar-refractivity contribution in [3.8, 4) is 17.6 Å². The number of hydrogen-bond donors (Lipinski definition) is 1. The molecule has 0 spiro atoms. The summed E-state index contributed by atoms with van der Waals surface area (Å²) in [6.07, 6.45) is 1.52. The predicted octanol–water partition coefficient (Wildman–Crippen LogP) is 2.58. The van der Waals surface area contributed by atoms with Crippen LogP contribution in [-0.2, 0) is 11.3 Å². The third kappa shape index (κ3) is 3.90. The molecule has 1 N–H and O–H groups in total. The summed E-state index contributed by atoms with van der Waals surface area (Å²) in [4.78, 5) is 14.0. The second kappa shape index (κ2) is 7.41. The fraction of sp³-hybridized carbons (Fsp3) is 0.158. The van der Waals surface area contributed by atoms with Crippen LogP contribution in [0.4, 0.5) is 5.69 Å². The first-order valence-corrected chi connectivity index (χ1v) is 7.74. The van der Waals surface area contributed by atoms with Crippen LogP contribution in [0.3, 0.4) is 0 Å². The highest BCUT2D eigenvalue weighted by Gasteiger charge is 2.14. The highest BCUT2D eigenvalue weighted by Crippen LogP contribution is 2.32. The molecule has 1 aliphatic heterocycles. The van der Waals surface area contributed by atoms with E-state index in [2.05, 4.69) is 5.32 Å². The van der Waals surface area contributed by atoms with E-state index < -0.39 is 5.91 Å². The van der Waals surface area contributed by atoms with Gasteiger partial charge in [0, 0.05) is 25.5 Å². The van der Waals surface area contributed by atoms with Gasteiger partial charge in [0.2, 0.25) is 6.79 Å². The van der Waals surface area contributed by atoms with Gasteiger partial charge in [0.1, 0.15) is 11.6 Å². The Morgan fingerprint density at radius 1 is 1.24 bits per heavy atom. The van der Waals surface area contributed by atoms with E-state index in [4.69, 9.17) is 9.47 Å². The highest BCUT2D eigenvalue weighted by atomic mass is 16.7. The lowest BCUT2D eigenvalue weighted by molar-refractivity contribution is -0.117. The van der Waals surface area contributed by atoms with Crippen LogP contribution in [0.25, 0.3) is 0 Å².